The van der Waals surface area contributed by atoms with Gasteiger partial charge in [0, 0.05) is 16.2 Å². The monoisotopic (exact) mass is 177 g/mol. The highest BCUT2D eigenvalue weighted by molar-refractivity contribution is 7.99. The molecule has 0 unspecified atom stereocenters. The molecular formula is C10H9OS. The third-order valence-corrected chi connectivity index (χ3v) is 2.42. The Bertz CT molecular complexity index is 281. The average molecular weight is 177 g/mol. The second kappa shape index (κ2) is 4.78. The van der Waals surface area contributed by atoms with Gasteiger partial charge in [0.05, 0.1) is 0 Å². The Morgan fingerprint density at radius 3 is 2.92 bits per heavy atom. The van der Waals surface area contributed by atoms with Gasteiger partial charge in [-0.2, -0.15) is 0 Å². The zero-order valence-corrected chi connectivity index (χ0v) is 7.43. The average Bonchev–Trinajstić information content (AvgIpc) is 2.15. The number of hydrogen-bond donors (Lipinski definition) is 0. The van der Waals surface area contributed by atoms with Crippen molar-refractivity contribution >= 4 is 18.0 Å². The third kappa shape index (κ3) is 2.24. The van der Waals surface area contributed by atoms with Crippen molar-refractivity contribution in [1.29, 1.82) is 0 Å². The zero-order chi connectivity index (χ0) is 8.81. The van der Waals surface area contributed by atoms with Crippen LogP contribution in [0, 0.1) is 0 Å². The van der Waals surface area contributed by atoms with Gasteiger partial charge < -0.3 is 0 Å². The molecule has 2 heteroatoms. The molecule has 0 aromatic heterocycles. The largest absolute Gasteiger partial charge is 0.285 e. The van der Waals surface area contributed by atoms with Gasteiger partial charge in [0.25, 0.3) is 0 Å². The molecule has 12 heavy (non-hydrogen) atoms. The van der Waals surface area contributed by atoms with E-state index in [2.05, 4.69) is 6.58 Å². The van der Waals surface area contributed by atoms with Crippen LogP contribution in [0.5, 0.6) is 0 Å². The topological polar surface area (TPSA) is 17.1 Å². The van der Waals surface area contributed by atoms with Gasteiger partial charge in [-0.1, -0.05) is 18.2 Å². The van der Waals surface area contributed by atoms with Gasteiger partial charge in [0.2, 0.25) is 6.29 Å². The molecule has 1 aromatic rings. The highest BCUT2D eigenvalue weighted by Crippen LogP contribution is 2.20. The Balaban J connectivity index is 2.81. The first-order chi connectivity index (χ1) is 5.88. The second-order valence-electron chi connectivity index (χ2n) is 2.20. The number of carbonyl (C=O) groups excluding carboxylic acids is 1. The highest BCUT2D eigenvalue weighted by Gasteiger charge is 1.99. The van der Waals surface area contributed by atoms with Crippen molar-refractivity contribution in [3.8, 4) is 0 Å². The molecule has 0 aliphatic heterocycles. The first-order valence-electron chi connectivity index (χ1n) is 3.59. The number of thioether (sulfide) groups is 1. The molecule has 0 atom stereocenters. The van der Waals surface area contributed by atoms with E-state index in [0.717, 1.165) is 10.6 Å². The van der Waals surface area contributed by atoms with Gasteiger partial charge in [0.1, 0.15) is 0 Å². The summed E-state index contributed by atoms with van der Waals surface area (Å²) in [7, 11) is 0. The minimum absolute atomic E-state index is 0.629. The summed E-state index contributed by atoms with van der Waals surface area (Å²) in [6, 6.07) is 7.41. The Labute approximate surface area is 76.5 Å². The minimum atomic E-state index is 0.629. The van der Waals surface area contributed by atoms with Crippen LogP contribution in [0.25, 0.3) is 0 Å². The molecule has 0 fully saturated rings. The normalized spacial score (nSPS) is 9.33. The van der Waals surface area contributed by atoms with Crippen LogP contribution in [-0.2, 0) is 4.79 Å². The smallest absolute Gasteiger partial charge is 0.234 e. The maximum atomic E-state index is 10.4. The summed E-state index contributed by atoms with van der Waals surface area (Å²) < 4.78 is 0. The molecule has 1 aromatic carbocycles. The van der Waals surface area contributed by atoms with Crippen LogP contribution < -0.4 is 0 Å². The number of hydrogen-bond acceptors (Lipinski definition) is 2. The van der Waals surface area contributed by atoms with Gasteiger partial charge in [0.15, 0.2) is 0 Å². The van der Waals surface area contributed by atoms with Crippen molar-refractivity contribution in [3.05, 3.63) is 42.5 Å². The van der Waals surface area contributed by atoms with E-state index in [0.29, 0.717) is 5.56 Å². The fourth-order valence-electron chi connectivity index (χ4n) is 0.826. The summed E-state index contributed by atoms with van der Waals surface area (Å²) in [5.41, 5.74) is 0.629. The predicted molar refractivity (Wildman–Crippen MR) is 52.2 cm³/mol. The fraction of sp³-hybridized carbons (Fsp3) is 0.100. The van der Waals surface area contributed by atoms with Crippen LogP contribution in [0.4, 0.5) is 0 Å². The molecule has 0 saturated carbocycles. The SMILES string of the molecule is C=CCSc1ccccc1[C]=O. The Kier molecular flexibility index (Phi) is 3.61. The van der Waals surface area contributed by atoms with Crippen molar-refractivity contribution in [1.82, 2.24) is 0 Å². The van der Waals surface area contributed by atoms with E-state index >= 15 is 0 Å². The highest BCUT2D eigenvalue weighted by atomic mass is 32.2. The third-order valence-electron chi connectivity index (χ3n) is 1.35. The summed E-state index contributed by atoms with van der Waals surface area (Å²) in [4.78, 5) is 11.4. The maximum absolute atomic E-state index is 10.4. The van der Waals surface area contributed by atoms with Crippen molar-refractivity contribution in [2.45, 2.75) is 4.90 Å². The molecule has 0 heterocycles. The summed E-state index contributed by atoms with van der Waals surface area (Å²) >= 11 is 1.59. The molecule has 0 N–H and O–H groups in total. The van der Waals surface area contributed by atoms with E-state index in [9.17, 15) is 4.79 Å². The number of rotatable bonds is 4. The molecule has 1 rings (SSSR count). The Morgan fingerprint density at radius 2 is 2.25 bits per heavy atom. The first kappa shape index (κ1) is 9.07. The summed E-state index contributed by atoms with van der Waals surface area (Å²) in [6.45, 7) is 3.61. The molecule has 61 valence electrons. The molecule has 1 radical (unpaired) electrons. The van der Waals surface area contributed by atoms with Crippen LogP contribution in [0.15, 0.2) is 41.8 Å². The quantitative estimate of drug-likeness (QED) is 0.519. The zero-order valence-electron chi connectivity index (χ0n) is 6.62. The van der Waals surface area contributed by atoms with Gasteiger partial charge in [-0.15, -0.1) is 18.3 Å². The molecule has 0 amide bonds. The van der Waals surface area contributed by atoms with Gasteiger partial charge in [-0.05, 0) is 12.1 Å². The molecular weight excluding hydrogens is 168 g/mol. The maximum Gasteiger partial charge on any atom is 0.234 e. The van der Waals surface area contributed by atoms with E-state index in [1.165, 1.54) is 0 Å². The first-order valence-corrected chi connectivity index (χ1v) is 4.58. The lowest BCUT2D eigenvalue weighted by Gasteiger charge is -1.99. The van der Waals surface area contributed by atoms with E-state index in [4.69, 9.17) is 0 Å². The van der Waals surface area contributed by atoms with Crippen molar-refractivity contribution in [2.24, 2.45) is 0 Å². The van der Waals surface area contributed by atoms with Gasteiger partial charge in [-0.3, -0.25) is 4.79 Å². The van der Waals surface area contributed by atoms with Gasteiger partial charge in [-0.25, -0.2) is 0 Å². The van der Waals surface area contributed by atoms with E-state index in [1.807, 2.05) is 30.6 Å². The molecule has 0 saturated heterocycles. The molecule has 0 aliphatic rings. The fourth-order valence-corrected chi connectivity index (χ4v) is 1.56. The predicted octanol–water partition coefficient (Wildman–Crippen LogP) is 2.42. The van der Waals surface area contributed by atoms with E-state index < -0.39 is 0 Å². The lowest BCUT2D eigenvalue weighted by molar-refractivity contribution is 0.562. The van der Waals surface area contributed by atoms with Crippen molar-refractivity contribution in [2.75, 3.05) is 5.75 Å². The molecule has 0 spiro atoms. The summed E-state index contributed by atoms with van der Waals surface area (Å²) in [5.74, 6) is 0.818. The minimum Gasteiger partial charge on any atom is -0.285 e. The van der Waals surface area contributed by atoms with Crippen LogP contribution in [0.2, 0.25) is 0 Å². The lowest BCUT2D eigenvalue weighted by Crippen LogP contribution is -1.84. The van der Waals surface area contributed by atoms with Crippen LogP contribution in [-0.4, -0.2) is 12.0 Å². The number of benzene rings is 1. The summed E-state index contributed by atoms with van der Waals surface area (Å²) in [6.07, 6.45) is 3.71. The Morgan fingerprint density at radius 1 is 1.50 bits per heavy atom. The molecule has 1 nitrogen and oxygen atoms in total. The Hall–Kier alpha value is -1.02. The van der Waals surface area contributed by atoms with Crippen LogP contribution in [0.3, 0.4) is 0 Å². The van der Waals surface area contributed by atoms with Gasteiger partial charge >= 0.3 is 0 Å². The van der Waals surface area contributed by atoms with Crippen LogP contribution in [0.1, 0.15) is 5.56 Å². The van der Waals surface area contributed by atoms with E-state index in [1.54, 1.807) is 17.8 Å². The van der Waals surface area contributed by atoms with E-state index in [-0.39, 0.29) is 0 Å². The second-order valence-corrected chi connectivity index (χ2v) is 3.26. The van der Waals surface area contributed by atoms with Crippen molar-refractivity contribution < 1.29 is 4.79 Å². The standard InChI is InChI=1S/C10H9OS/c1-2-7-12-10-6-4-3-5-9(10)8-11/h2-6H,1,7H2. The lowest BCUT2D eigenvalue weighted by atomic mass is 10.2. The molecule has 0 bridgehead atoms. The van der Waals surface area contributed by atoms with Crippen molar-refractivity contribution in [3.63, 3.8) is 0 Å². The van der Waals surface area contributed by atoms with Crippen LogP contribution >= 0.6 is 11.8 Å². The summed E-state index contributed by atoms with van der Waals surface area (Å²) in [5, 5.41) is 0. The molecule has 0 aliphatic carbocycles.